The van der Waals surface area contributed by atoms with Gasteiger partial charge in [-0.1, -0.05) is 30.7 Å². The van der Waals surface area contributed by atoms with Crippen LogP contribution in [0, 0.1) is 13.0 Å². The number of fused-ring (bicyclic) bond motifs is 5. The summed E-state index contributed by atoms with van der Waals surface area (Å²) in [6.45, 7) is 2.14. The minimum absolute atomic E-state index is 0. The average Bonchev–Trinajstić information content (AvgIpc) is 2.78. The first-order valence-corrected chi connectivity index (χ1v) is 6.02. The van der Waals surface area contributed by atoms with E-state index >= 15 is 0 Å². The van der Waals surface area contributed by atoms with Crippen molar-refractivity contribution in [3.63, 3.8) is 0 Å². The van der Waals surface area contributed by atoms with Crippen molar-refractivity contribution in [2.75, 3.05) is 0 Å². The van der Waals surface area contributed by atoms with Crippen LogP contribution in [0.4, 0.5) is 0 Å². The largest absolute Gasteiger partial charge is 0.257 e. The third-order valence-corrected chi connectivity index (χ3v) is 3.44. The van der Waals surface area contributed by atoms with Crippen LogP contribution >= 0.6 is 0 Å². The second kappa shape index (κ2) is 4.44. The number of pyridine rings is 1. The summed E-state index contributed by atoms with van der Waals surface area (Å²) in [6.07, 6.45) is 0. The molecule has 0 spiro atoms. The predicted molar refractivity (Wildman–Crippen MR) is 73.8 cm³/mol. The standard InChI is InChI=1S/C16H11N2.Ir/c1-11-10-16-13-7-2-4-8-14(13)17-18(16)15-9-5-3-6-12(11)15;/h2-8,10H,1H3;/q-1;. The van der Waals surface area contributed by atoms with Crippen molar-refractivity contribution in [3.8, 4) is 0 Å². The average molecular weight is 423 g/mol. The van der Waals surface area contributed by atoms with Crippen LogP contribution in [0.25, 0.3) is 27.3 Å². The third kappa shape index (κ3) is 1.70. The predicted octanol–water partition coefficient (Wildman–Crippen LogP) is 3.75. The number of hydrogen-bond acceptors (Lipinski definition) is 1. The molecule has 2 aromatic heterocycles. The van der Waals surface area contributed by atoms with Gasteiger partial charge in [0.1, 0.15) is 0 Å². The maximum atomic E-state index is 4.67. The van der Waals surface area contributed by atoms with Crippen LogP contribution in [-0.4, -0.2) is 9.61 Å². The molecule has 0 aliphatic carbocycles. The van der Waals surface area contributed by atoms with Gasteiger partial charge in [-0.3, -0.25) is 4.52 Å². The molecular formula is C16H11IrN2-. The third-order valence-electron chi connectivity index (χ3n) is 3.44. The molecule has 2 aromatic carbocycles. The van der Waals surface area contributed by atoms with Crippen molar-refractivity contribution in [2.45, 2.75) is 6.92 Å². The molecule has 2 nitrogen and oxygen atoms in total. The molecule has 0 saturated carbocycles. The molecule has 0 N–H and O–H groups in total. The van der Waals surface area contributed by atoms with Gasteiger partial charge in [-0.2, -0.15) is 29.4 Å². The first-order valence-electron chi connectivity index (χ1n) is 6.02. The summed E-state index contributed by atoms with van der Waals surface area (Å²) in [5.74, 6) is 0. The van der Waals surface area contributed by atoms with E-state index in [-0.39, 0.29) is 20.1 Å². The Hall–Kier alpha value is -1.70. The van der Waals surface area contributed by atoms with Gasteiger partial charge in [0, 0.05) is 25.5 Å². The first kappa shape index (κ1) is 12.3. The van der Waals surface area contributed by atoms with Gasteiger partial charge in [-0.15, -0.1) is 5.39 Å². The Morgan fingerprint density at radius 1 is 1.05 bits per heavy atom. The second-order valence-electron chi connectivity index (χ2n) is 4.57. The van der Waals surface area contributed by atoms with Gasteiger partial charge in [0.05, 0.1) is 11.0 Å². The van der Waals surface area contributed by atoms with Gasteiger partial charge in [-0.05, 0) is 17.6 Å². The van der Waals surface area contributed by atoms with Crippen molar-refractivity contribution in [3.05, 3.63) is 60.2 Å². The number of nitrogens with zero attached hydrogens (tertiary/aromatic N) is 2. The molecule has 1 radical (unpaired) electrons. The molecule has 3 heteroatoms. The molecule has 2 heterocycles. The summed E-state index contributed by atoms with van der Waals surface area (Å²) in [5, 5.41) is 7.07. The monoisotopic (exact) mass is 424 g/mol. The van der Waals surface area contributed by atoms with Gasteiger partial charge >= 0.3 is 0 Å². The fourth-order valence-corrected chi connectivity index (χ4v) is 2.57. The van der Waals surface area contributed by atoms with Crippen LogP contribution in [0.5, 0.6) is 0 Å². The summed E-state index contributed by atoms with van der Waals surface area (Å²) in [6, 6.07) is 19.8. The maximum absolute atomic E-state index is 4.67. The number of aromatic nitrogens is 2. The smallest absolute Gasteiger partial charge is 0.0933 e. The van der Waals surface area contributed by atoms with E-state index in [1.807, 2.05) is 28.8 Å². The Kier molecular flexibility index (Phi) is 2.89. The molecular weight excluding hydrogens is 412 g/mol. The minimum Gasteiger partial charge on any atom is -0.257 e. The SMILES string of the molecule is Cc1cc2c3ccccc3nn2c2[c-]cccc12.[Ir]. The summed E-state index contributed by atoms with van der Waals surface area (Å²) in [7, 11) is 0. The van der Waals surface area contributed by atoms with Crippen molar-refractivity contribution in [1.29, 1.82) is 0 Å². The van der Waals surface area contributed by atoms with E-state index in [0.29, 0.717) is 0 Å². The molecule has 0 fully saturated rings. The molecule has 0 saturated heterocycles. The molecule has 0 aliphatic heterocycles. The number of hydrogen-bond donors (Lipinski definition) is 0. The zero-order valence-corrected chi connectivity index (χ0v) is 12.7. The van der Waals surface area contributed by atoms with Crippen molar-refractivity contribution in [2.24, 2.45) is 0 Å². The summed E-state index contributed by atoms with van der Waals surface area (Å²) in [4.78, 5) is 0. The number of para-hydroxylation sites is 1. The van der Waals surface area contributed by atoms with Crippen LogP contribution in [-0.2, 0) is 20.1 Å². The molecule has 0 unspecified atom stereocenters. The fraction of sp³-hybridized carbons (Fsp3) is 0.0625. The van der Waals surface area contributed by atoms with Crippen LogP contribution in [0.1, 0.15) is 5.56 Å². The van der Waals surface area contributed by atoms with E-state index in [4.69, 9.17) is 0 Å². The Balaban J connectivity index is 0.00000110. The summed E-state index contributed by atoms with van der Waals surface area (Å²) >= 11 is 0. The van der Waals surface area contributed by atoms with Gasteiger partial charge < -0.3 is 0 Å². The fourth-order valence-electron chi connectivity index (χ4n) is 2.57. The summed E-state index contributed by atoms with van der Waals surface area (Å²) in [5.41, 5.74) is 4.49. The first-order chi connectivity index (χ1) is 8.84. The zero-order chi connectivity index (χ0) is 12.1. The van der Waals surface area contributed by atoms with E-state index in [9.17, 15) is 0 Å². The maximum Gasteiger partial charge on any atom is 0.0933 e. The van der Waals surface area contributed by atoms with E-state index in [1.54, 1.807) is 0 Å². The molecule has 0 atom stereocenters. The number of aryl methyl sites for hydroxylation is 1. The summed E-state index contributed by atoms with van der Waals surface area (Å²) < 4.78 is 1.99. The normalized spacial score (nSPS) is 11.0. The van der Waals surface area contributed by atoms with E-state index in [2.05, 4.69) is 42.4 Å². The van der Waals surface area contributed by atoms with Crippen molar-refractivity contribution >= 4 is 27.3 Å². The Morgan fingerprint density at radius 2 is 1.84 bits per heavy atom. The number of benzene rings is 2. The van der Waals surface area contributed by atoms with E-state index in [1.165, 1.54) is 16.3 Å². The van der Waals surface area contributed by atoms with Crippen LogP contribution in [0.2, 0.25) is 0 Å². The molecule has 0 aliphatic rings. The molecule has 0 bridgehead atoms. The van der Waals surface area contributed by atoms with Crippen LogP contribution < -0.4 is 0 Å². The molecule has 95 valence electrons. The molecule has 0 amide bonds. The quantitative estimate of drug-likeness (QED) is 0.394. The molecule has 4 aromatic rings. The Morgan fingerprint density at radius 3 is 2.74 bits per heavy atom. The Bertz CT molecular complexity index is 893. The van der Waals surface area contributed by atoms with Crippen molar-refractivity contribution < 1.29 is 20.1 Å². The topological polar surface area (TPSA) is 17.3 Å². The number of rotatable bonds is 0. The Labute approximate surface area is 124 Å². The van der Waals surface area contributed by atoms with Gasteiger partial charge in [0.2, 0.25) is 0 Å². The van der Waals surface area contributed by atoms with Gasteiger partial charge in [-0.25, -0.2) is 0 Å². The minimum atomic E-state index is 0. The van der Waals surface area contributed by atoms with Gasteiger partial charge in [0.25, 0.3) is 0 Å². The molecule has 19 heavy (non-hydrogen) atoms. The van der Waals surface area contributed by atoms with Crippen LogP contribution in [0.15, 0.2) is 48.5 Å². The van der Waals surface area contributed by atoms with Crippen molar-refractivity contribution in [1.82, 2.24) is 9.61 Å². The zero-order valence-electron chi connectivity index (χ0n) is 10.3. The van der Waals surface area contributed by atoms with E-state index < -0.39 is 0 Å². The molecule has 4 rings (SSSR count). The van der Waals surface area contributed by atoms with E-state index in [0.717, 1.165) is 16.6 Å². The van der Waals surface area contributed by atoms with Gasteiger partial charge in [0.15, 0.2) is 0 Å². The van der Waals surface area contributed by atoms with Crippen LogP contribution in [0.3, 0.4) is 0 Å². The second-order valence-corrected chi connectivity index (χ2v) is 4.57.